The maximum atomic E-state index is 13.3. The van der Waals surface area contributed by atoms with E-state index in [4.69, 9.17) is 5.11 Å². The van der Waals surface area contributed by atoms with Gasteiger partial charge in [0.05, 0.1) is 0 Å². The number of hydrogen-bond donors (Lipinski definition) is 1. The number of carboxylic acid groups (broad SMARTS) is 1. The second-order valence-corrected chi connectivity index (χ2v) is 3.70. The Balaban J connectivity index is 5.13. The van der Waals surface area contributed by atoms with Crippen molar-refractivity contribution in [3.8, 4) is 0 Å². The van der Waals surface area contributed by atoms with Gasteiger partial charge in [-0.3, -0.25) is 0 Å². The second-order valence-electron chi connectivity index (χ2n) is 3.70. The van der Waals surface area contributed by atoms with Crippen LogP contribution in [0, 0.1) is 0 Å². The topological polar surface area (TPSA) is 55.8 Å². The third-order valence-corrected chi connectivity index (χ3v) is 1.85. The predicted octanol–water partition coefficient (Wildman–Crippen LogP) is 2.83. The van der Waals surface area contributed by atoms with Gasteiger partial charge in [-0.05, 0) is 0 Å². The largest absolute Gasteiger partial charge is 0.479 e. The summed E-state index contributed by atoms with van der Waals surface area (Å²) >= 11 is 0. The van der Waals surface area contributed by atoms with Crippen LogP contribution in [0.2, 0.25) is 0 Å². The summed E-state index contributed by atoms with van der Waals surface area (Å²) in [7, 11) is 0. The molecule has 4 nitrogen and oxygen atoms in total. The molecular formula is C8H6F10O4. The molecule has 1 N–H and O–H groups in total. The van der Waals surface area contributed by atoms with E-state index in [1.54, 1.807) is 0 Å². The van der Waals surface area contributed by atoms with E-state index in [0.29, 0.717) is 0 Å². The monoisotopic (exact) mass is 356 g/mol. The van der Waals surface area contributed by atoms with Crippen LogP contribution >= 0.6 is 0 Å². The van der Waals surface area contributed by atoms with Crippen molar-refractivity contribution in [3.05, 3.63) is 0 Å². The average Bonchev–Trinajstić information content (AvgIpc) is 2.21. The van der Waals surface area contributed by atoms with Gasteiger partial charge in [-0.15, -0.1) is 0 Å². The molecule has 0 aliphatic heterocycles. The molecule has 0 spiro atoms. The van der Waals surface area contributed by atoms with Gasteiger partial charge >= 0.3 is 30.4 Å². The van der Waals surface area contributed by atoms with Gasteiger partial charge in [0.15, 0.2) is 0 Å². The summed E-state index contributed by atoms with van der Waals surface area (Å²) in [5.74, 6) is -8.09. The fourth-order valence-corrected chi connectivity index (χ4v) is 0.898. The van der Waals surface area contributed by atoms with Gasteiger partial charge in [0.2, 0.25) is 0 Å². The molecule has 0 saturated heterocycles. The van der Waals surface area contributed by atoms with E-state index in [0.717, 1.165) is 0 Å². The molecule has 2 atom stereocenters. The Labute approximate surface area is 114 Å². The van der Waals surface area contributed by atoms with Gasteiger partial charge in [0.1, 0.15) is 13.2 Å². The minimum Gasteiger partial charge on any atom is -0.479 e. The lowest BCUT2D eigenvalue weighted by molar-refractivity contribution is -0.369. The van der Waals surface area contributed by atoms with Crippen molar-refractivity contribution in [1.29, 1.82) is 0 Å². The highest BCUT2D eigenvalue weighted by Crippen LogP contribution is 2.37. The van der Waals surface area contributed by atoms with Crippen molar-refractivity contribution in [2.24, 2.45) is 0 Å². The highest BCUT2D eigenvalue weighted by molar-refractivity contribution is 5.73. The highest BCUT2D eigenvalue weighted by atomic mass is 19.4. The van der Waals surface area contributed by atoms with Crippen molar-refractivity contribution in [2.75, 3.05) is 13.2 Å². The summed E-state index contributed by atoms with van der Waals surface area (Å²) < 4.78 is 128. The normalized spacial score (nSPS) is 17.9. The Morgan fingerprint density at radius 3 is 1.64 bits per heavy atom. The molecule has 0 amide bonds. The van der Waals surface area contributed by atoms with Crippen molar-refractivity contribution < 1.29 is 63.3 Å². The molecule has 0 fully saturated rings. The van der Waals surface area contributed by atoms with Crippen LogP contribution < -0.4 is 0 Å². The van der Waals surface area contributed by atoms with E-state index >= 15 is 0 Å². The fraction of sp³-hybridized carbons (Fsp3) is 0.875. The zero-order valence-electron chi connectivity index (χ0n) is 9.94. The third kappa shape index (κ3) is 6.21. The number of rotatable bonds is 6. The molecule has 0 aromatic heterocycles. The number of aliphatic carboxylic acids is 1. The maximum Gasteiger partial charge on any atom is 0.450 e. The number of halogens is 10. The van der Waals surface area contributed by atoms with Crippen molar-refractivity contribution in [3.63, 3.8) is 0 Å². The van der Waals surface area contributed by atoms with E-state index in [-0.39, 0.29) is 0 Å². The molecule has 0 saturated carbocycles. The van der Waals surface area contributed by atoms with Gasteiger partial charge in [-0.25, -0.2) is 4.79 Å². The first-order chi connectivity index (χ1) is 9.50. The molecule has 0 aliphatic carbocycles. The number of carbonyl (C=O) groups is 1. The number of ether oxygens (including phenoxy) is 2. The summed E-state index contributed by atoms with van der Waals surface area (Å²) in [6.45, 7) is -5.54. The molecule has 0 aromatic rings. The molecular weight excluding hydrogens is 350 g/mol. The van der Waals surface area contributed by atoms with Crippen molar-refractivity contribution >= 4 is 5.97 Å². The number of hydrogen-bond acceptors (Lipinski definition) is 3. The summed E-state index contributed by atoms with van der Waals surface area (Å²) in [6.07, 6.45) is -21.2. The van der Waals surface area contributed by atoms with Gasteiger partial charge in [-0.1, -0.05) is 0 Å². The second kappa shape index (κ2) is 6.44. The molecule has 0 heterocycles. The van der Waals surface area contributed by atoms with E-state index < -0.39 is 49.7 Å². The molecule has 0 rings (SSSR count). The quantitative estimate of drug-likeness (QED) is 0.744. The van der Waals surface area contributed by atoms with Crippen LogP contribution in [0.1, 0.15) is 0 Å². The Hall–Kier alpha value is -1.31. The molecule has 22 heavy (non-hydrogen) atoms. The van der Waals surface area contributed by atoms with Gasteiger partial charge in [-0.2, -0.15) is 43.9 Å². The van der Waals surface area contributed by atoms with Crippen LogP contribution in [0.25, 0.3) is 0 Å². The molecule has 0 radical (unpaired) electrons. The van der Waals surface area contributed by atoms with Crippen LogP contribution in [-0.4, -0.2) is 54.8 Å². The van der Waals surface area contributed by atoms with Gasteiger partial charge in [0.25, 0.3) is 6.10 Å². The molecule has 2 unspecified atom stereocenters. The summed E-state index contributed by atoms with van der Waals surface area (Å²) in [5.41, 5.74) is 0. The highest BCUT2D eigenvalue weighted by Gasteiger charge is 2.61. The smallest absolute Gasteiger partial charge is 0.450 e. The van der Waals surface area contributed by atoms with Crippen LogP contribution in [0.4, 0.5) is 43.9 Å². The molecule has 0 aromatic carbocycles. The molecule has 0 bridgehead atoms. The predicted molar refractivity (Wildman–Crippen MR) is 45.3 cm³/mol. The van der Waals surface area contributed by atoms with E-state index in [1.807, 2.05) is 0 Å². The average molecular weight is 356 g/mol. The van der Waals surface area contributed by atoms with Crippen LogP contribution in [-0.2, 0) is 14.3 Å². The maximum absolute atomic E-state index is 13.3. The summed E-state index contributed by atoms with van der Waals surface area (Å²) in [6, 6.07) is 0. The van der Waals surface area contributed by atoms with Crippen molar-refractivity contribution in [2.45, 2.75) is 30.5 Å². The Kier molecular flexibility index (Phi) is 6.05. The van der Waals surface area contributed by atoms with Gasteiger partial charge in [0, 0.05) is 0 Å². The molecule has 14 heteroatoms. The summed E-state index contributed by atoms with van der Waals surface area (Å²) in [4.78, 5) is 10.2. The Morgan fingerprint density at radius 1 is 0.909 bits per heavy atom. The zero-order chi connectivity index (χ0) is 18.0. The Morgan fingerprint density at radius 2 is 1.36 bits per heavy atom. The minimum atomic E-state index is -6.20. The van der Waals surface area contributed by atoms with E-state index in [1.165, 1.54) is 0 Å². The number of alkyl halides is 10. The first kappa shape index (κ1) is 20.7. The lowest BCUT2D eigenvalue weighted by Crippen LogP contribution is -2.51. The zero-order valence-corrected chi connectivity index (χ0v) is 9.94. The van der Waals surface area contributed by atoms with Crippen LogP contribution in [0.5, 0.6) is 0 Å². The fourth-order valence-electron chi connectivity index (χ4n) is 0.898. The first-order valence-electron chi connectivity index (χ1n) is 4.87. The molecule has 132 valence electrons. The molecule has 0 aliphatic rings. The SMILES string of the molecule is O=C(O)C(OCC(F)(OCC(F)(F)F)C(F)(F)F)C(F)(F)F. The lowest BCUT2D eigenvalue weighted by Gasteiger charge is -2.29. The third-order valence-electron chi connectivity index (χ3n) is 1.85. The van der Waals surface area contributed by atoms with Crippen LogP contribution in [0.3, 0.4) is 0 Å². The standard InChI is InChI=1S/C8H6F10O4/c9-5(8(16,17)18,22-2-6(10,11)12)1-21-3(4(19)20)7(13,14)15/h3H,1-2H2,(H,19,20). The first-order valence-corrected chi connectivity index (χ1v) is 4.87. The van der Waals surface area contributed by atoms with E-state index in [9.17, 15) is 48.7 Å². The Bertz CT molecular complexity index is 386. The van der Waals surface area contributed by atoms with Crippen LogP contribution in [0.15, 0.2) is 0 Å². The lowest BCUT2D eigenvalue weighted by atomic mass is 10.3. The summed E-state index contributed by atoms with van der Waals surface area (Å²) in [5, 5.41) is 8.10. The van der Waals surface area contributed by atoms with E-state index in [2.05, 4.69) is 9.47 Å². The minimum absolute atomic E-state index is 2.76. The van der Waals surface area contributed by atoms with Crippen molar-refractivity contribution in [1.82, 2.24) is 0 Å². The number of carboxylic acids is 1. The van der Waals surface area contributed by atoms with Gasteiger partial charge < -0.3 is 14.6 Å².